The van der Waals surface area contributed by atoms with Crippen LogP contribution >= 0.6 is 86.9 Å². The van der Waals surface area contributed by atoms with Crippen LogP contribution in [-0.2, 0) is 31.2 Å². The van der Waals surface area contributed by atoms with Crippen molar-refractivity contribution < 1.29 is 83.0 Å². The number of carbonyl (C=O) groups excluding carboxylic acids is 5. The second kappa shape index (κ2) is 53.0. The summed E-state index contributed by atoms with van der Waals surface area (Å²) in [6.45, 7) is 1.93. The van der Waals surface area contributed by atoms with E-state index in [-0.39, 0.29) is 84.5 Å². The number of hydrogen-bond donors (Lipinski definition) is 11. The Morgan fingerprint density at radius 3 is 1.13 bits per heavy atom. The number of hydrogen-bond acceptors (Lipinski definition) is 20. The number of carbonyl (C=O) groups is 5. The SMILES string of the molecule is CCO.Cn1nc(C(F)(F)F)cc1-c1cnc(NC(=O)c2ccccc2F)[se]1.Cn1nc(C(F)(F)F)cc1B(O)O.N=C(N)[Se].Nc1ncc(Br)[se]1.Nc1ncc(Br)[se]1.Nc1ncc[se]1.O=C(Cl)c1ccccc1F.O=C(Nc1ncc(Br)[se]1)c1ccccc1F.O=C(Nc1ncc(Br)[se]1)c1ccccc1F.O=CCCl. The number of nitrogens with zero attached hydrogens (tertiary/aromatic N) is 10. The van der Waals surface area contributed by atoms with Gasteiger partial charge in [0, 0.05) is 13.7 Å². The van der Waals surface area contributed by atoms with Crippen molar-refractivity contribution in [1.29, 1.82) is 5.41 Å². The van der Waals surface area contributed by atoms with Crippen molar-refractivity contribution in [2.24, 2.45) is 19.8 Å². The summed E-state index contributed by atoms with van der Waals surface area (Å²) in [5.74, 6) is -3.78. The maximum Gasteiger partial charge on any atom is 0.134 e. The van der Waals surface area contributed by atoms with Crippen molar-refractivity contribution in [3.63, 3.8) is 0 Å². The van der Waals surface area contributed by atoms with Crippen LogP contribution in [0.1, 0.15) is 59.7 Å². The van der Waals surface area contributed by atoms with Gasteiger partial charge >= 0.3 is 553 Å². The van der Waals surface area contributed by atoms with E-state index in [0.29, 0.717) is 69.7 Å². The van der Waals surface area contributed by atoms with Gasteiger partial charge in [-0.05, 0) is 36.7 Å². The van der Waals surface area contributed by atoms with E-state index >= 15 is 0 Å². The quantitative estimate of drug-likeness (QED) is 0.0116. The number of halogens is 16. The summed E-state index contributed by atoms with van der Waals surface area (Å²) in [4.78, 5) is 80.2. The number of aliphatic hydroxyl groups excluding tert-OH is 1. The van der Waals surface area contributed by atoms with Crippen LogP contribution in [0, 0.1) is 28.7 Å². The van der Waals surface area contributed by atoms with Crippen LogP contribution in [0.4, 0.5) is 72.1 Å². The summed E-state index contributed by atoms with van der Waals surface area (Å²) in [5.41, 5.74) is 18.2. The molecule has 26 nitrogen and oxygen atoms in total. The first-order valence-corrected chi connectivity index (χ1v) is 44.4. The summed E-state index contributed by atoms with van der Waals surface area (Å²) >= 11 is 25.6. The second-order valence-corrected chi connectivity index (χ2v) is 41.5. The maximum absolute atomic E-state index is 13.6. The summed E-state index contributed by atoms with van der Waals surface area (Å²) in [5, 5.41) is 44.4. The molecule has 0 atom stereocenters. The number of nitrogen functional groups attached to an aromatic ring is 3. The minimum Gasteiger partial charge on any atom is -0.302 e. The molecule has 0 aliphatic heterocycles. The van der Waals surface area contributed by atoms with Crippen LogP contribution in [0.2, 0.25) is 0 Å². The topological polar surface area (TPSA) is 423 Å². The van der Waals surface area contributed by atoms with Crippen molar-refractivity contribution in [1.82, 2.24) is 49.5 Å². The number of amidine groups is 1. The Morgan fingerprint density at radius 2 is 0.901 bits per heavy atom. The molecule has 593 valence electrons. The molecule has 0 saturated heterocycles. The van der Waals surface area contributed by atoms with Crippen molar-refractivity contribution in [3.05, 3.63) is 222 Å². The van der Waals surface area contributed by atoms with Crippen molar-refractivity contribution >= 4 is 265 Å². The summed E-state index contributed by atoms with van der Waals surface area (Å²) in [7, 11) is 0.648. The molecule has 0 bridgehead atoms. The van der Waals surface area contributed by atoms with Crippen LogP contribution in [-0.4, -0.2) is 221 Å². The zero-order valence-corrected chi connectivity index (χ0v) is 75.9. The number of anilines is 6. The third-order valence-corrected chi connectivity index (χ3v) is 24.2. The van der Waals surface area contributed by atoms with E-state index < -0.39 is 91.6 Å². The maximum atomic E-state index is 13.6. The fraction of sp³-hybridized carbons (Fsp3) is 0.115. The number of aryl methyl sites for hydroxylation is 2. The van der Waals surface area contributed by atoms with E-state index in [1.807, 2.05) is 4.94 Å². The molecule has 3 amide bonds. The molecule has 8 heterocycles. The van der Waals surface area contributed by atoms with Crippen LogP contribution in [0.25, 0.3) is 10.1 Å². The number of aldehydes is 1. The van der Waals surface area contributed by atoms with Gasteiger partial charge in [0.1, 0.15) is 12.1 Å². The molecule has 0 saturated carbocycles. The molecule has 4 aromatic carbocycles. The summed E-state index contributed by atoms with van der Waals surface area (Å²) in [6.07, 6.45) is 1.43. The van der Waals surface area contributed by atoms with Gasteiger partial charge in [0.05, 0.1) is 17.0 Å². The van der Waals surface area contributed by atoms with Gasteiger partial charge in [-0.25, -0.2) is 4.39 Å². The molecule has 1 radical (unpaired) electrons. The van der Waals surface area contributed by atoms with E-state index in [9.17, 15) is 63.1 Å². The first-order valence-electron chi connectivity index (χ1n) is 29.1. The summed E-state index contributed by atoms with van der Waals surface area (Å²) in [6, 6.07) is 24.3. The molecule has 0 aliphatic rings. The van der Waals surface area contributed by atoms with E-state index in [2.05, 4.69) is 142 Å². The fourth-order valence-corrected chi connectivity index (χ4v) is 17.1. The molecular formula is C61H54BBr4Cl2F10N18O8Se7. The van der Waals surface area contributed by atoms with E-state index in [4.69, 9.17) is 65.8 Å². The van der Waals surface area contributed by atoms with Gasteiger partial charge in [0.25, 0.3) is 5.24 Å². The number of rotatable bonds is 10. The number of amides is 3. The van der Waals surface area contributed by atoms with Gasteiger partial charge in [0.2, 0.25) is 0 Å². The van der Waals surface area contributed by atoms with Gasteiger partial charge in [0.15, 0.2) is 5.69 Å². The molecule has 50 heteroatoms. The number of nitrogens with two attached hydrogens (primary N) is 4. The third kappa shape index (κ3) is 40.6. The predicted octanol–water partition coefficient (Wildman–Crippen LogP) is 9.02. The number of aromatic nitrogens is 10. The van der Waals surface area contributed by atoms with E-state index in [1.54, 1.807) is 68.2 Å². The van der Waals surface area contributed by atoms with Gasteiger partial charge in [-0.2, -0.15) is 18.3 Å². The van der Waals surface area contributed by atoms with Crippen LogP contribution in [0.15, 0.2) is 165 Å². The van der Waals surface area contributed by atoms with Gasteiger partial charge < -0.3 is 19.9 Å². The average molecular weight is 2310 g/mol. The molecule has 12 rings (SSSR count). The minimum absolute atomic E-state index is 0.0269. The van der Waals surface area contributed by atoms with E-state index in [1.165, 1.54) is 81.0 Å². The van der Waals surface area contributed by atoms with E-state index in [0.717, 1.165) is 49.0 Å². The normalized spacial score (nSPS) is 10.0. The Morgan fingerprint density at radius 1 is 0.577 bits per heavy atom. The smallest absolute Gasteiger partial charge is 0.134 e. The standard InChI is InChI=1S/C15H10F4N4OSe.2C10H6BrFN2OSe.C7H4ClFO.C5H6BF3N2O2.2C3H3BrN2Se.C3H4N2Se.C2H3ClO.C2H6O.CH3N2Se/c1-23-10(6-12(22-23)15(17,18)19)11-7-20-14(25-11)21-13(24)8-4-2-3-5-9(8)16;2*11-8-5-13-10(16-8)14-9(15)6-3-1-2-4-7(6)12;8-7(10)5-3-1-2-4-6(5)9;1-11-4(6(12)13)2-3(10-11)5(7,8)9;2*4-2-1-6-3(5)7-2;4-3-5-1-2-6-3;3-1-2-4;1-2-3;2-1(3)4/h2-7H,1H3,(H,20,21,24);2*1-5H,(H,13,14,15);1-4H;2,12-13H,1H3;2*1H,(H2,5,6);1-2H,(H2,4,5);2H,1H2;3H,2H2,1H3;(H3,2,3). The molecule has 12 aromatic rings. The van der Waals surface area contributed by atoms with Crippen LogP contribution in [0.3, 0.4) is 0 Å². The van der Waals surface area contributed by atoms with Crippen molar-refractivity contribution in [3.8, 4) is 10.1 Å². The Balaban J connectivity index is 0.000000437. The largest absolute Gasteiger partial charge is 0.302 e. The molecule has 15 N–H and O–H groups in total. The van der Waals surface area contributed by atoms with Crippen molar-refractivity contribution in [2.45, 2.75) is 19.3 Å². The zero-order valence-electron chi connectivity index (χ0n) is 56.1. The number of aliphatic hydroxyl groups is 1. The minimum atomic E-state index is -4.56. The number of benzene rings is 4. The molecule has 0 fully saturated rings. The Hall–Kier alpha value is -6.24. The fourth-order valence-electron chi connectivity index (χ4n) is 6.59. The van der Waals surface area contributed by atoms with Crippen LogP contribution in [0.5, 0.6) is 0 Å². The monoisotopic (exact) mass is 2310 g/mol. The Kier molecular flexibility index (Phi) is 48.2. The molecule has 0 spiro atoms. The molecule has 111 heavy (non-hydrogen) atoms. The molecular weight excluding hydrogens is 2260 g/mol. The number of nitrogens with one attached hydrogen (secondary N) is 4. The van der Waals surface area contributed by atoms with Gasteiger partial charge in [-0.3, -0.25) is 9.48 Å². The van der Waals surface area contributed by atoms with Gasteiger partial charge in [-0.1, -0.05) is 12.1 Å². The zero-order chi connectivity index (χ0) is 83.7. The second-order valence-electron chi connectivity index (χ2n) is 18.9. The van der Waals surface area contributed by atoms with Gasteiger partial charge in [-0.15, -0.1) is 11.6 Å². The first kappa shape index (κ1) is 101. The average Bonchev–Trinajstić information content (AvgIpc) is 1.67. The predicted molar refractivity (Wildman–Crippen MR) is 423 cm³/mol. The van der Waals surface area contributed by atoms with Crippen LogP contribution < -0.4 is 44.5 Å². The molecule has 8 aromatic heterocycles. The third-order valence-electron chi connectivity index (χ3n) is 11.0. The Bertz CT molecular complexity index is 4680. The number of alkyl halides is 7. The molecule has 0 aliphatic carbocycles. The summed E-state index contributed by atoms with van der Waals surface area (Å²) < 4.78 is 137. The molecule has 0 unspecified atom stereocenters. The Labute approximate surface area is 711 Å². The first-order chi connectivity index (χ1) is 52.1. The van der Waals surface area contributed by atoms with Crippen molar-refractivity contribution in [2.75, 3.05) is 45.6 Å².